The van der Waals surface area contributed by atoms with Gasteiger partial charge in [0.1, 0.15) is 5.75 Å². The number of anilines is 1. The highest BCUT2D eigenvalue weighted by Crippen LogP contribution is 2.48. The molecule has 0 saturated heterocycles. The Kier molecular flexibility index (Phi) is 3.69. The van der Waals surface area contributed by atoms with Crippen LogP contribution in [0.5, 0.6) is 11.6 Å². The lowest BCUT2D eigenvalue weighted by atomic mass is 9.88. The number of ether oxygens (including phenoxy) is 1. The van der Waals surface area contributed by atoms with Gasteiger partial charge in [-0.3, -0.25) is 9.78 Å². The lowest BCUT2D eigenvalue weighted by Gasteiger charge is -2.20. The Morgan fingerprint density at radius 2 is 2.17 bits per heavy atom. The smallest absolute Gasteiger partial charge is 0.237 e. The van der Waals surface area contributed by atoms with Gasteiger partial charge in [-0.2, -0.15) is 0 Å². The van der Waals surface area contributed by atoms with E-state index in [1.807, 2.05) is 24.3 Å². The molecule has 23 heavy (non-hydrogen) atoms. The highest BCUT2D eigenvalue weighted by molar-refractivity contribution is 5.93. The number of nitrogens with zero attached hydrogens (tertiary/aromatic N) is 2. The molecular formula is C18H19N3O2. The van der Waals surface area contributed by atoms with Gasteiger partial charge in [-0.25, -0.2) is 4.98 Å². The van der Waals surface area contributed by atoms with Crippen molar-refractivity contribution in [1.82, 2.24) is 9.97 Å². The van der Waals surface area contributed by atoms with Crippen molar-refractivity contribution >= 4 is 11.6 Å². The molecule has 1 heterocycles. The number of hydrogen-bond donors (Lipinski definition) is 1. The molecule has 0 aliphatic heterocycles. The van der Waals surface area contributed by atoms with E-state index in [0.717, 1.165) is 18.0 Å². The topological polar surface area (TPSA) is 64.1 Å². The minimum Gasteiger partial charge on any atom is -0.437 e. The minimum atomic E-state index is 0.147. The van der Waals surface area contributed by atoms with Crippen molar-refractivity contribution in [2.24, 2.45) is 17.8 Å². The van der Waals surface area contributed by atoms with Crippen LogP contribution in [0.4, 0.5) is 5.69 Å². The Balaban J connectivity index is 1.43. The summed E-state index contributed by atoms with van der Waals surface area (Å²) in [6, 6.07) is 7.40. The largest absolute Gasteiger partial charge is 0.437 e. The van der Waals surface area contributed by atoms with Crippen molar-refractivity contribution < 1.29 is 9.53 Å². The number of hydrogen-bond acceptors (Lipinski definition) is 4. The van der Waals surface area contributed by atoms with Gasteiger partial charge in [0, 0.05) is 30.1 Å². The second kappa shape index (κ2) is 5.99. The van der Waals surface area contributed by atoms with Gasteiger partial charge >= 0.3 is 0 Å². The van der Waals surface area contributed by atoms with E-state index >= 15 is 0 Å². The van der Waals surface area contributed by atoms with E-state index in [0.29, 0.717) is 17.5 Å². The van der Waals surface area contributed by atoms with Crippen molar-refractivity contribution in [2.45, 2.75) is 25.7 Å². The van der Waals surface area contributed by atoms with E-state index in [9.17, 15) is 4.79 Å². The molecule has 2 aliphatic carbocycles. The predicted octanol–water partition coefficient (Wildman–Crippen LogP) is 3.64. The summed E-state index contributed by atoms with van der Waals surface area (Å²) >= 11 is 0. The molecule has 2 fully saturated rings. The van der Waals surface area contributed by atoms with Gasteiger partial charge in [0.25, 0.3) is 0 Å². The zero-order valence-electron chi connectivity index (χ0n) is 12.8. The first kappa shape index (κ1) is 14.2. The maximum absolute atomic E-state index is 12.5. The Morgan fingerprint density at radius 3 is 2.91 bits per heavy atom. The predicted molar refractivity (Wildman–Crippen MR) is 86.1 cm³/mol. The molecule has 1 aromatic heterocycles. The number of carbonyl (C=O) groups excluding carboxylic acids is 1. The van der Waals surface area contributed by atoms with E-state index in [1.165, 1.54) is 19.3 Å². The fourth-order valence-corrected chi connectivity index (χ4v) is 3.90. The summed E-state index contributed by atoms with van der Waals surface area (Å²) in [4.78, 5) is 20.5. The van der Waals surface area contributed by atoms with Crippen LogP contribution in [0.15, 0.2) is 42.9 Å². The summed E-state index contributed by atoms with van der Waals surface area (Å²) in [5.41, 5.74) is 0.763. The first-order chi connectivity index (χ1) is 11.3. The molecule has 4 rings (SSSR count). The van der Waals surface area contributed by atoms with Crippen LogP contribution in [0.3, 0.4) is 0 Å². The fraction of sp³-hybridized carbons (Fsp3) is 0.389. The molecule has 2 saturated carbocycles. The molecule has 2 bridgehead atoms. The van der Waals surface area contributed by atoms with Gasteiger partial charge in [-0.1, -0.05) is 12.5 Å². The Hall–Kier alpha value is -2.43. The quantitative estimate of drug-likeness (QED) is 0.936. The van der Waals surface area contributed by atoms with Crippen LogP contribution in [0.25, 0.3) is 0 Å². The summed E-state index contributed by atoms with van der Waals surface area (Å²) in [6.07, 6.45) is 9.52. The number of aromatic nitrogens is 2. The van der Waals surface area contributed by atoms with Crippen molar-refractivity contribution in [2.75, 3.05) is 5.32 Å². The lowest BCUT2D eigenvalue weighted by molar-refractivity contribution is -0.121. The van der Waals surface area contributed by atoms with Crippen LogP contribution in [0, 0.1) is 17.8 Å². The molecule has 0 unspecified atom stereocenters. The van der Waals surface area contributed by atoms with Crippen molar-refractivity contribution in [3.63, 3.8) is 0 Å². The number of rotatable bonds is 4. The van der Waals surface area contributed by atoms with E-state index in [-0.39, 0.29) is 11.8 Å². The van der Waals surface area contributed by atoms with Crippen molar-refractivity contribution in [3.05, 3.63) is 42.9 Å². The highest BCUT2D eigenvalue weighted by Gasteiger charge is 2.42. The second-order valence-electron chi connectivity index (χ2n) is 6.44. The van der Waals surface area contributed by atoms with E-state index in [4.69, 9.17) is 4.74 Å². The SMILES string of the molecule is O=C(Nc1cccc(Oc2cnccn2)c1)[C@H]1C[C@H]2CC[C@H]1C2. The third kappa shape index (κ3) is 3.04. The molecule has 2 aromatic rings. The van der Waals surface area contributed by atoms with E-state index in [1.54, 1.807) is 18.6 Å². The van der Waals surface area contributed by atoms with Crippen molar-refractivity contribution in [1.29, 1.82) is 0 Å². The average Bonchev–Trinajstić information content (AvgIpc) is 3.19. The number of amides is 1. The van der Waals surface area contributed by atoms with Gasteiger partial charge < -0.3 is 10.1 Å². The number of carbonyl (C=O) groups is 1. The zero-order valence-corrected chi connectivity index (χ0v) is 12.8. The van der Waals surface area contributed by atoms with Gasteiger partial charge in [-0.05, 0) is 43.2 Å². The first-order valence-electron chi connectivity index (χ1n) is 8.13. The lowest BCUT2D eigenvalue weighted by Crippen LogP contribution is -2.27. The molecule has 5 heteroatoms. The molecule has 1 aromatic carbocycles. The Morgan fingerprint density at radius 1 is 1.22 bits per heavy atom. The van der Waals surface area contributed by atoms with Crippen LogP contribution < -0.4 is 10.1 Å². The second-order valence-corrected chi connectivity index (χ2v) is 6.44. The van der Waals surface area contributed by atoms with E-state index in [2.05, 4.69) is 15.3 Å². The van der Waals surface area contributed by atoms with Gasteiger partial charge in [0.05, 0.1) is 6.20 Å². The zero-order chi connectivity index (χ0) is 15.6. The molecule has 118 valence electrons. The van der Waals surface area contributed by atoms with Crippen LogP contribution in [0.1, 0.15) is 25.7 Å². The standard InChI is InChI=1S/C18H19N3O2/c22-18(16-9-12-4-5-13(16)8-12)21-14-2-1-3-15(10-14)23-17-11-19-6-7-20-17/h1-3,6-7,10-13,16H,4-5,8-9H2,(H,21,22)/t12-,13-,16-/m0/s1. The third-order valence-electron chi connectivity index (χ3n) is 4.94. The molecule has 5 nitrogen and oxygen atoms in total. The summed E-state index contributed by atoms with van der Waals surface area (Å²) in [5.74, 6) is 2.74. The van der Waals surface area contributed by atoms with Gasteiger partial charge in [-0.15, -0.1) is 0 Å². The molecule has 2 aliphatic rings. The normalized spacial score (nSPS) is 25.3. The maximum Gasteiger partial charge on any atom is 0.237 e. The molecule has 0 spiro atoms. The Labute approximate surface area is 135 Å². The van der Waals surface area contributed by atoms with Crippen LogP contribution >= 0.6 is 0 Å². The molecule has 1 N–H and O–H groups in total. The number of fused-ring (bicyclic) bond motifs is 2. The monoisotopic (exact) mass is 309 g/mol. The Bertz CT molecular complexity index is 704. The summed E-state index contributed by atoms with van der Waals surface area (Å²) in [5, 5.41) is 3.04. The maximum atomic E-state index is 12.5. The summed E-state index contributed by atoms with van der Waals surface area (Å²) in [6.45, 7) is 0. The van der Waals surface area contributed by atoms with Crippen LogP contribution in [-0.4, -0.2) is 15.9 Å². The minimum absolute atomic E-state index is 0.147. The van der Waals surface area contributed by atoms with Gasteiger partial charge in [0.2, 0.25) is 11.8 Å². The molecule has 1 amide bonds. The average molecular weight is 309 g/mol. The number of benzene rings is 1. The van der Waals surface area contributed by atoms with Crippen LogP contribution in [-0.2, 0) is 4.79 Å². The molecule has 3 atom stereocenters. The third-order valence-corrected chi connectivity index (χ3v) is 4.94. The highest BCUT2D eigenvalue weighted by atomic mass is 16.5. The van der Waals surface area contributed by atoms with Crippen LogP contribution in [0.2, 0.25) is 0 Å². The molecular weight excluding hydrogens is 290 g/mol. The number of nitrogens with one attached hydrogen (secondary N) is 1. The first-order valence-corrected chi connectivity index (χ1v) is 8.13. The van der Waals surface area contributed by atoms with E-state index < -0.39 is 0 Å². The summed E-state index contributed by atoms with van der Waals surface area (Å²) in [7, 11) is 0. The summed E-state index contributed by atoms with van der Waals surface area (Å²) < 4.78 is 5.65. The van der Waals surface area contributed by atoms with Crippen molar-refractivity contribution in [3.8, 4) is 11.6 Å². The fourth-order valence-electron chi connectivity index (χ4n) is 3.90. The van der Waals surface area contributed by atoms with Gasteiger partial charge in [0.15, 0.2) is 0 Å². The molecule has 0 radical (unpaired) electrons.